The van der Waals surface area contributed by atoms with E-state index in [-0.39, 0.29) is 76.0 Å². The number of imidazole rings is 1. The average Bonchev–Trinajstić information content (AvgIpc) is 3.13. The number of nitrogens with one attached hydrogen (secondary N) is 1. The van der Waals surface area contributed by atoms with Crippen LogP contribution in [0.4, 0.5) is 5.95 Å². The average molecular weight is 427 g/mol. The lowest BCUT2D eigenvalue weighted by atomic mass is 10.3. The van der Waals surface area contributed by atoms with Crippen LogP contribution in [-0.4, -0.2) is 74.2 Å². The van der Waals surface area contributed by atoms with Gasteiger partial charge in [-0.05, 0) is 12.8 Å². The molecule has 0 aliphatic rings. The van der Waals surface area contributed by atoms with E-state index in [1.54, 1.807) is 0 Å². The summed E-state index contributed by atoms with van der Waals surface area (Å²) in [5.41, 5.74) is 5.34. The standard InChI is InChI=1S/C17H25N5O8/c18-17-20-15-14(16(27)21-17)19-9-22(15)10-30-11(7-28-12(25)3-1-5-23)8-29-13(26)4-2-6-24/h9,11,23-24H,1-8,10H2,(H3,18,20,21,27). The van der Waals surface area contributed by atoms with Gasteiger partial charge >= 0.3 is 11.9 Å². The number of hydrogen-bond acceptors (Lipinski definition) is 11. The van der Waals surface area contributed by atoms with Crippen LogP contribution in [0, 0.1) is 0 Å². The van der Waals surface area contributed by atoms with Crippen LogP contribution in [0.2, 0.25) is 0 Å². The number of aromatic nitrogens is 4. The van der Waals surface area contributed by atoms with E-state index >= 15 is 0 Å². The number of aliphatic hydroxyl groups excluding tert-OH is 2. The summed E-state index contributed by atoms with van der Waals surface area (Å²) in [6, 6.07) is 0. The first-order chi connectivity index (χ1) is 14.4. The fourth-order valence-corrected chi connectivity index (χ4v) is 2.36. The molecule has 0 aliphatic heterocycles. The number of aromatic amines is 1. The number of esters is 2. The van der Waals surface area contributed by atoms with Crippen LogP contribution in [0.5, 0.6) is 0 Å². The highest BCUT2D eigenvalue weighted by Gasteiger charge is 2.17. The second-order valence-corrected chi connectivity index (χ2v) is 6.28. The highest BCUT2D eigenvalue weighted by molar-refractivity contribution is 5.70. The van der Waals surface area contributed by atoms with E-state index in [0.717, 1.165) is 0 Å². The predicted molar refractivity (Wildman–Crippen MR) is 102 cm³/mol. The van der Waals surface area contributed by atoms with E-state index in [9.17, 15) is 14.4 Å². The Hall–Kier alpha value is -3.03. The van der Waals surface area contributed by atoms with Crippen molar-refractivity contribution in [3.8, 4) is 0 Å². The number of H-pyrrole nitrogens is 1. The summed E-state index contributed by atoms with van der Waals surface area (Å²) in [7, 11) is 0. The van der Waals surface area contributed by atoms with Crippen molar-refractivity contribution >= 4 is 29.1 Å². The van der Waals surface area contributed by atoms with Gasteiger partial charge in [0, 0.05) is 26.1 Å². The summed E-state index contributed by atoms with van der Waals surface area (Å²) >= 11 is 0. The van der Waals surface area contributed by atoms with Crippen LogP contribution in [0.25, 0.3) is 11.2 Å². The largest absolute Gasteiger partial charge is 0.463 e. The molecule has 2 rings (SSSR count). The van der Waals surface area contributed by atoms with Crippen LogP contribution in [0.1, 0.15) is 25.7 Å². The number of nitrogens with two attached hydrogens (primary N) is 1. The number of aliphatic hydroxyl groups is 2. The molecule has 13 nitrogen and oxygen atoms in total. The number of carbonyl (C=O) groups excluding carboxylic acids is 2. The molecule has 2 aromatic rings. The number of carbonyl (C=O) groups is 2. The molecule has 5 N–H and O–H groups in total. The summed E-state index contributed by atoms with van der Waals surface area (Å²) in [6.07, 6.45) is 1.14. The van der Waals surface area contributed by atoms with Gasteiger partial charge in [-0.1, -0.05) is 0 Å². The number of hydrogen-bond donors (Lipinski definition) is 4. The molecule has 0 aliphatic carbocycles. The zero-order valence-corrected chi connectivity index (χ0v) is 16.3. The lowest BCUT2D eigenvalue weighted by Gasteiger charge is -2.18. The molecule has 0 aromatic carbocycles. The van der Waals surface area contributed by atoms with Gasteiger partial charge in [-0.2, -0.15) is 4.98 Å². The van der Waals surface area contributed by atoms with Gasteiger partial charge < -0.3 is 30.2 Å². The number of ether oxygens (including phenoxy) is 3. The van der Waals surface area contributed by atoms with E-state index < -0.39 is 23.6 Å². The van der Waals surface area contributed by atoms with Gasteiger partial charge in [-0.25, -0.2) is 4.98 Å². The molecule has 2 aromatic heterocycles. The molecular weight excluding hydrogens is 402 g/mol. The van der Waals surface area contributed by atoms with E-state index in [0.29, 0.717) is 0 Å². The second-order valence-electron chi connectivity index (χ2n) is 6.28. The van der Waals surface area contributed by atoms with E-state index in [1.165, 1.54) is 10.9 Å². The monoisotopic (exact) mass is 427 g/mol. The van der Waals surface area contributed by atoms with Gasteiger partial charge in [0.1, 0.15) is 26.0 Å². The van der Waals surface area contributed by atoms with Gasteiger partial charge in [0.15, 0.2) is 11.2 Å². The van der Waals surface area contributed by atoms with Crippen molar-refractivity contribution in [2.24, 2.45) is 0 Å². The van der Waals surface area contributed by atoms with Gasteiger partial charge in [0.25, 0.3) is 5.56 Å². The molecular formula is C17H25N5O8. The van der Waals surface area contributed by atoms with Gasteiger partial charge in [0.05, 0.1) is 6.33 Å². The molecule has 0 amide bonds. The summed E-state index contributed by atoms with van der Waals surface area (Å²) in [5, 5.41) is 17.5. The zero-order chi connectivity index (χ0) is 21.9. The Morgan fingerprint density at radius 3 is 2.30 bits per heavy atom. The first kappa shape index (κ1) is 23.3. The number of anilines is 1. The molecule has 0 spiro atoms. The molecule has 0 radical (unpaired) electrons. The third-order valence-electron chi connectivity index (χ3n) is 3.88. The molecule has 2 heterocycles. The molecule has 0 atom stereocenters. The molecule has 0 bridgehead atoms. The Bertz CT molecular complexity index is 872. The molecule has 30 heavy (non-hydrogen) atoms. The van der Waals surface area contributed by atoms with Crippen LogP contribution >= 0.6 is 0 Å². The fraction of sp³-hybridized carbons (Fsp3) is 0.588. The summed E-state index contributed by atoms with van der Waals surface area (Å²) in [4.78, 5) is 45.5. The molecule has 0 fully saturated rings. The molecule has 0 saturated heterocycles. The molecule has 166 valence electrons. The van der Waals surface area contributed by atoms with Crippen molar-refractivity contribution in [3.63, 3.8) is 0 Å². The minimum absolute atomic E-state index is 0.0393. The van der Waals surface area contributed by atoms with Crippen molar-refractivity contribution in [2.45, 2.75) is 38.5 Å². The van der Waals surface area contributed by atoms with E-state index in [2.05, 4.69) is 15.0 Å². The summed E-state index contributed by atoms with van der Waals surface area (Å²) < 4.78 is 17.3. The van der Waals surface area contributed by atoms with Crippen LogP contribution in [-0.2, 0) is 30.5 Å². The number of nitrogens with zero attached hydrogens (tertiary/aromatic N) is 3. The Morgan fingerprint density at radius 2 is 1.73 bits per heavy atom. The van der Waals surface area contributed by atoms with Crippen molar-refractivity contribution in [3.05, 3.63) is 16.7 Å². The fourth-order valence-electron chi connectivity index (χ4n) is 2.36. The van der Waals surface area contributed by atoms with Gasteiger partial charge in [0.2, 0.25) is 5.95 Å². The minimum atomic E-state index is -0.807. The minimum Gasteiger partial charge on any atom is -0.463 e. The molecule has 0 saturated carbocycles. The van der Waals surface area contributed by atoms with Crippen molar-refractivity contribution in [1.82, 2.24) is 19.5 Å². The smallest absolute Gasteiger partial charge is 0.305 e. The molecule has 0 unspecified atom stereocenters. The maximum absolute atomic E-state index is 11.8. The van der Waals surface area contributed by atoms with Crippen molar-refractivity contribution < 1.29 is 34.0 Å². The first-order valence-corrected chi connectivity index (χ1v) is 9.29. The normalized spacial score (nSPS) is 11.2. The third kappa shape index (κ3) is 7.09. The Morgan fingerprint density at radius 1 is 1.13 bits per heavy atom. The Kier molecular flexibility index (Phi) is 9.18. The van der Waals surface area contributed by atoms with E-state index in [4.69, 9.17) is 30.2 Å². The summed E-state index contributed by atoms with van der Waals surface area (Å²) in [6.45, 7) is -0.791. The van der Waals surface area contributed by atoms with Crippen LogP contribution in [0.15, 0.2) is 11.1 Å². The maximum atomic E-state index is 11.8. The van der Waals surface area contributed by atoms with E-state index in [1.807, 2.05) is 0 Å². The first-order valence-electron chi connectivity index (χ1n) is 9.29. The van der Waals surface area contributed by atoms with Gasteiger partial charge in [-0.3, -0.25) is 23.9 Å². The van der Waals surface area contributed by atoms with Crippen LogP contribution < -0.4 is 11.3 Å². The van der Waals surface area contributed by atoms with Crippen molar-refractivity contribution in [2.75, 3.05) is 32.2 Å². The maximum Gasteiger partial charge on any atom is 0.305 e. The highest BCUT2D eigenvalue weighted by Crippen LogP contribution is 2.08. The lowest BCUT2D eigenvalue weighted by molar-refractivity contribution is -0.157. The van der Waals surface area contributed by atoms with Crippen molar-refractivity contribution in [1.29, 1.82) is 0 Å². The van der Waals surface area contributed by atoms with Gasteiger partial charge in [-0.15, -0.1) is 0 Å². The predicted octanol–water partition coefficient (Wildman–Crippen LogP) is -1.32. The van der Waals surface area contributed by atoms with Crippen LogP contribution in [0.3, 0.4) is 0 Å². The SMILES string of the molecule is Nc1nc2c(ncn2COC(COC(=O)CCCO)COC(=O)CCCO)c(=O)[nH]1. The number of nitrogen functional groups attached to an aromatic ring is 1. The molecule has 13 heteroatoms. The zero-order valence-electron chi connectivity index (χ0n) is 16.3. The lowest BCUT2D eigenvalue weighted by Crippen LogP contribution is -2.29. The number of fused-ring (bicyclic) bond motifs is 1. The summed E-state index contributed by atoms with van der Waals surface area (Å²) in [5.74, 6) is -1.14. The highest BCUT2D eigenvalue weighted by atomic mass is 16.6. The topological polar surface area (TPSA) is 192 Å². The Labute approximate surface area is 170 Å². The Balaban J connectivity index is 1.99. The number of rotatable bonds is 13. The quantitative estimate of drug-likeness (QED) is 0.277. The second kappa shape index (κ2) is 11.8. The third-order valence-corrected chi connectivity index (χ3v) is 3.88.